The normalized spacial score (nSPS) is 14.7. The first-order chi connectivity index (χ1) is 15.2. The number of aromatic nitrogens is 1. The molecule has 0 bridgehead atoms. The minimum Gasteiger partial charge on any atom is -0.362 e. The lowest BCUT2D eigenvalue weighted by atomic mass is 9.96. The molecule has 3 heterocycles. The van der Waals surface area contributed by atoms with E-state index in [1.54, 1.807) is 11.0 Å². The summed E-state index contributed by atoms with van der Waals surface area (Å²) in [6.07, 6.45) is 0. The molecule has 1 saturated heterocycles. The third-order valence-corrected chi connectivity index (χ3v) is 6.41. The summed E-state index contributed by atoms with van der Waals surface area (Å²) in [6.45, 7) is 8.08. The molecule has 9 heteroatoms. The van der Waals surface area contributed by atoms with E-state index in [9.17, 15) is 19.7 Å². The molecule has 0 saturated carbocycles. The van der Waals surface area contributed by atoms with Gasteiger partial charge in [0, 0.05) is 38.1 Å². The minimum atomic E-state index is -0.587. The van der Waals surface area contributed by atoms with E-state index >= 15 is 0 Å². The highest BCUT2D eigenvalue weighted by molar-refractivity contribution is 7.12. The number of carbonyl (C=O) groups is 1. The summed E-state index contributed by atoms with van der Waals surface area (Å²) in [5, 5.41) is 14.6. The highest BCUT2D eigenvalue weighted by atomic mass is 32.1. The van der Waals surface area contributed by atoms with E-state index in [-0.39, 0.29) is 11.3 Å². The van der Waals surface area contributed by atoms with E-state index in [2.05, 4.69) is 0 Å². The number of hydrogen-bond acceptors (Lipinski definition) is 6. The fraction of sp³-hybridized carbons (Fsp3) is 0.391. The number of carbonyl (C=O) groups excluding carboxylic acids is 1. The van der Waals surface area contributed by atoms with Gasteiger partial charge in [0.25, 0.3) is 5.91 Å². The second-order valence-electron chi connectivity index (χ2n) is 9.18. The second kappa shape index (κ2) is 8.38. The third kappa shape index (κ3) is 4.12. The highest BCUT2D eigenvalue weighted by Gasteiger charge is 2.33. The predicted molar refractivity (Wildman–Crippen MR) is 127 cm³/mol. The molecule has 3 aromatic rings. The van der Waals surface area contributed by atoms with Crippen LogP contribution < -0.4 is 10.5 Å². The number of rotatable bonds is 4. The summed E-state index contributed by atoms with van der Waals surface area (Å²) in [7, 11) is 0. The summed E-state index contributed by atoms with van der Waals surface area (Å²) in [6, 6.07) is 11.0. The number of para-hydroxylation sites is 1. The first kappa shape index (κ1) is 22.0. The molecule has 2 aromatic heterocycles. The van der Waals surface area contributed by atoms with Gasteiger partial charge in [-0.2, -0.15) is 0 Å². The maximum atomic E-state index is 13.3. The number of hydrogen-bond donors (Lipinski definition) is 0. The predicted octanol–water partition coefficient (Wildman–Crippen LogP) is 3.98. The first-order valence-corrected chi connectivity index (χ1v) is 11.4. The van der Waals surface area contributed by atoms with Crippen molar-refractivity contribution in [2.24, 2.45) is 5.41 Å². The van der Waals surface area contributed by atoms with Gasteiger partial charge in [-0.15, -0.1) is 11.3 Å². The number of fused-ring (bicyclic) bond motifs is 1. The Labute approximate surface area is 189 Å². The Bertz CT molecular complexity index is 1220. The van der Waals surface area contributed by atoms with E-state index in [4.69, 9.17) is 0 Å². The molecule has 0 aliphatic carbocycles. The zero-order valence-electron chi connectivity index (χ0n) is 18.4. The molecule has 168 valence electrons. The number of anilines is 1. The fourth-order valence-corrected chi connectivity index (χ4v) is 4.87. The van der Waals surface area contributed by atoms with Gasteiger partial charge in [0.05, 0.1) is 15.3 Å². The van der Waals surface area contributed by atoms with Crippen molar-refractivity contribution in [1.82, 2.24) is 9.47 Å². The van der Waals surface area contributed by atoms with Crippen LogP contribution in [0.1, 0.15) is 30.4 Å². The van der Waals surface area contributed by atoms with Gasteiger partial charge in [0.2, 0.25) is 0 Å². The molecule has 8 nitrogen and oxygen atoms in total. The molecule has 0 radical (unpaired) electrons. The summed E-state index contributed by atoms with van der Waals surface area (Å²) in [4.78, 5) is 41.8. The molecule has 1 amide bonds. The number of pyridine rings is 1. The van der Waals surface area contributed by atoms with Gasteiger partial charge >= 0.3 is 11.2 Å². The lowest BCUT2D eigenvalue weighted by molar-refractivity contribution is -0.385. The standard InChI is InChI=1S/C23H26N4O4S/c1-23(2,3)15-26-17-8-5-4-7-16(17)19(20(22(26)29)27(30)31)24-10-12-25(13-11-24)21(28)18-9-6-14-32-18/h4-9,14H,10-13,15H2,1-3H3. The van der Waals surface area contributed by atoms with E-state index in [1.807, 2.05) is 61.4 Å². The van der Waals surface area contributed by atoms with E-state index in [0.29, 0.717) is 54.2 Å². The molecule has 32 heavy (non-hydrogen) atoms. The van der Waals surface area contributed by atoms with Crippen LogP contribution in [0, 0.1) is 15.5 Å². The number of benzene rings is 1. The fourth-order valence-electron chi connectivity index (χ4n) is 4.18. The van der Waals surface area contributed by atoms with Crippen molar-refractivity contribution in [3.8, 4) is 0 Å². The molecular formula is C23H26N4O4S. The summed E-state index contributed by atoms with van der Waals surface area (Å²) < 4.78 is 1.52. The smallest absolute Gasteiger partial charge is 0.357 e. The maximum Gasteiger partial charge on any atom is 0.357 e. The van der Waals surface area contributed by atoms with Crippen LogP contribution in [0.2, 0.25) is 0 Å². The Hall–Kier alpha value is -3.20. The van der Waals surface area contributed by atoms with E-state index < -0.39 is 16.2 Å². The quantitative estimate of drug-likeness (QED) is 0.439. The molecule has 1 aromatic carbocycles. The van der Waals surface area contributed by atoms with Crippen LogP contribution in [0.15, 0.2) is 46.6 Å². The van der Waals surface area contributed by atoms with Crippen molar-refractivity contribution in [2.75, 3.05) is 31.1 Å². The SMILES string of the molecule is CC(C)(C)Cn1c(=O)c([N+](=O)[O-])c(N2CCN(C(=O)c3cccs3)CC2)c2ccccc21. The Kier molecular flexibility index (Phi) is 5.77. The number of nitrogens with zero attached hydrogens (tertiary/aromatic N) is 4. The first-order valence-electron chi connectivity index (χ1n) is 10.5. The van der Waals surface area contributed by atoms with Crippen molar-refractivity contribution >= 4 is 39.5 Å². The minimum absolute atomic E-state index is 0.0281. The van der Waals surface area contributed by atoms with E-state index in [1.165, 1.54) is 15.9 Å². The number of piperazine rings is 1. The van der Waals surface area contributed by atoms with Crippen molar-refractivity contribution in [1.29, 1.82) is 0 Å². The van der Waals surface area contributed by atoms with Crippen molar-refractivity contribution in [3.63, 3.8) is 0 Å². The van der Waals surface area contributed by atoms with Crippen molar-refractivity contribution < 1.29 is 9.72 Å². The summed E-state index contributed by atoms with van der Waals surface area (Å²) in [5.41, 5.74) is -0.175. The Morgan fingerprint density at radius 3 is 2.38 bits per heavy atom. The maximum absolute atomic E-state index is 13.3. The molecule has 1 aliphatic rings. The Morgan fingerprint density at radius 1 is 1.09 bits per heavy atom. The zero-order valence-corrected chi connectivity index (χ0v) is 19.2. The largest absolute Gasteiger partial charge is 0.362 e. The van der Waals surface area contributed by atoms with Gasteiger partial charge in [-0.3, -0.25) is 19.7 Å². The summed E-state index contributed by atoms with van der Waals surface area (Å²) >= 11 is 1.40. The molecular weight excluding hydrogens is 428 g/mol. The van der Waals surface area contributed by atoms with Gasteiger partial charge in [-0.1, -0.05) is 45.0 Å². The van der Waals surface area contributed by atoms with Crippen LogP contribution >= 0.6 is 11.3 Å². The molecule has 0 N–H and O–H groups in total. The van der Waals surface area contributed by atoms with Crippen LogP contribution in [-0.4, -0.2) is 46.5 Å². The Morgan fingerprint density at radius 2 is 1.78 bits per heavy atom. The zero-order chi connectivity index (χ0) is 23.0. The summed E-state index contributed by atoms with van der Waals surface area (Å²) in [5.74, 6) is -0.0281. The number of nitro groups is 1. The lowest BCUT2D eigenvalue weighted by Gasteiger charge is -2.36. The molecule has 0 unspecified atom stereocenters. The second-order valence-corrected chi connectivity index (χ2v) is 10.1. The van der Waals surface area contributed by atoms with Gasteiger partial charge in [-0.05, 0) is 22.9 Å². The molecule has 0 atom stereocenters. The van der Waals surface area contributed by atoms with Gasteiger partial charge in [0.15, 0.2) is 0 Å². The molecule has 4 rings (SSSR count). The number of thiophene rings is 1. The van der Waals surface area contributed by atoms with Crippen LogP contribution in [0.25, 0.3) is 10.9 Å². The van der Waals surface area contributed by atoms with Crippen LogP contribution in [0.4, 0.5) is 11.4 Å². The Balaban J connectivity index is 1.76. The van der Waals surface area contributed by atoms with E-state index in [0.717, 1.165) is 0 Å². The number of amides is 1. The lowest BCUT2D eigenvalue weighted by Crippen LogP contribution is -2.49. The van der Waals surface area contributed by atoms with Crippen LogP contribution in [0.5, 0.6) is 0 Å². The average Bonchev–Trinajstić information content (AvgIpc) is 3.29. The van der Waals surface area contributed by atoms with Crippen LogP contribution in [-0.2, 0) is 6.54 Å². The monoisotopic (exact) mass is 454 g/mol. The van der Waals surface area contributed by atoms with Crippen molar-refractivity contribution in [2.45, 2.75) is 27.3 Å². The molecule has 0 spiro atoms. The molecule has 1 aliphatic heterocycles. The average molecular weight is 455 g/mol. The topological polar surface area (TPSA) is 88.7 Å². The van der Waals surface area contributed by atoms with Gasteiger partial charge in [-0.25, -0.2) is 0 Å². The third-order valence-electron chi connectivity index (χ3n) is 5.55. The van der Waals surface area contributed by atoms with Crippen molar-refractivity contribution in [3.05, 3.63) is 67.1 Å². The van der Waals surface area contributed by atoms with Gasteiger partial charge < -0.3 is 14.4 Å². The molecule has 1 fully saturated rings. The van der Waals surface area contributed by atoms with Crippen LogP contribution in [0.3, 0.4) is 0 Å². The van der Waals surface area contributed by atoms with Gasteiger partial charge in [0.1, 0.15) is 5.69 Å². The highest BCUT2D eigenvalue weighted by Crippen LogP contribution is 2.35.